The quantitative estimate of drug-likeness (QED) is 0.119. The normalized spacial score (nSPS) is 16.6. The first-order valence-corrected chi connectivity index (χ1v) is 18.7. The first-order chi connectivity index (χ1) is 24.2. The molecule has 0 spiro atoms. The summed E-state index contributed by atoms with van der Waals surface area (Å²) in [5.74, 6) is 3.08. The summed E-state index contributed by atoms with van der Waals surface area (Å²) >= 11 is 0. The SMILES string of the molecule is CCCc1ccnc(-n2c3[c-]c(Oc4[c-]c(-n5nc(C)c(C6C(C)=CCC[C@@H]6C)c5C(C)(C)C)cc(C(C)(C)C)c4)ccc3c3ccccc32)c1.[Pt+2]. The van der Waals surface area contributed by atoms with Gasteiger partial charge in [-0.25, -0.2) is 4.98 Å². The smallest absolute Gasteiger partial charge is 0.509 e. The van der Waals surface area contributed by atoms with Crippen molar-refractivity contribution in [2.75, 3.05) is 0 Å². The van der Waals surface area contributed by atoms with Crippen LogP contribution in [0.1, 0.15) is 116 Å². The number of aromatic nitrogens is 4. The Morgan fingerprint density at radius 3 is 2.37 bits per heavy atom. The molecule has 0 amide bonds. The molecule has 1 aliphatic carbocycles. The van der Waals surface area contributed by atoms with Crippen molar-refractivity contribution in [2.24, 2.45) is 5.92 Å². The van der Waals surface area contributed by atoms with E-state index in [2.05, 4.69) is 151 Å². The van der Waals surface area contributed by atoms with Crippen molar-refractivity contribution < 1.29 is 25.8 Å². The van der Waals surface area contributed by atoms with Gasteiger partial charge in [0, 0.05) is 40.1 Å². The molecule has 1 aliphatic rings. The molecule has 52 heavy (non-hydrogen) atoms. The monoisotopic (exact) mass is 871 g/mol. The van der Waals surface area contributed by atoms with Crippen LogP contribution in [0.25, 0.3) is 33.3 Å². The second-order valence-electron chi connectivity index (χ2n) is 16.7. The van der Waals surface area contributed by atoms with E-state index in [0.29, 0.717) is 23.3 Å². The van der Waals surface area contributed by atoms with Gasteiger partial charge in [-0.05, 0) is 79.3 Å². The number of aryl methyl sites for hydroxylation is 2. The van der Waals surface area contributed by atoms with Crippen LogP contribution in [0, 0.1) is 25.0 Å². The van der Waals surface area contributed by atoms with Gasteiger partial charge >= 0.3 is 21.1 Å². The minimum absolute atomic E-state index is 0. The summed E-state index contributed by atoms with van der Waals surface area (Å²) in [6.45, 7) is 22.7. The van der Waals surface area contributed by atoms with E-state index in [1.807, 2.05) is 12.3 Å². The van der Waals surface area contributed by atoms with E-state index in [4.69, 9.17) is 14.8 Å². The van der Waals surface area contributed by atoms with E-state index in [1.54, 1.807) is 0 Å². The van der Waals surface area contributed by atoms with Crippen molar-refractivity contribution in [2.45, 2.75) is 112 Å². The number of ether oxygens (including phenoxy) is 1. The van der Waals surface area contributed by atoms with E-state index in [0.717, 1.165) is 58.4 Å². The molecule has 0 radical (unpaired) electrons. The minimum atomic E-state index is -0.144. The first-order valence-electron chi connectivity index (χ1n) is 18.7. The van der Waals surface area contributed by atoms with Crippen molar-refractivity contribution in [3.05, 3.63) is 119 Å². The van der Waals surface area contributed by atoms with Crippen LogP contribution >= 0.6 is 0 Å². The summed E-state index contributed by atoms with van der Waals surface area (Å²) in [4.78, 5) is 4.82. The van der Waals surface area contributed by atoms with Gasteiger partial charge in [-0.2, -0.15) is 11.2 Å². The molecule has 7 rings (SSSR count). The maximum absolute atomic E-state index is 6.75. The number of rotatable bonds is 7. The number of fused-ring (bicyclic) bond motifs is 3. The van der Waals surface area contributed by atoms with Crippen LogP contribution in [0.4, 0.5) is 0 Å². The molecule has 0 aliphatic heterocycles. The molecule has 1 unspecified atom stereocenters. The Labute approximate surface area is 324 Å². The molecule has 3 heterocycles. The van der Waals surface area contributed by atoms with Crippen LogP contribution in [0.15, 0.2) is 78.5 Å². The molecule has 0 bridgehead atoms. The molecule has 0 fully saturated rings. The third-order valence-electron chi connectivity index (χ3n) is 10.6. The fraction of sp³-hybridized carbons (Fsp3) is 0.391. The number of allylic oxidation sites excluding steroid dienone is 2. The van der Waals surface area contributed by atoms with Crippen molar-refractivity contribution >= 4 is 21.8 Å². The molecule has 6 heteroatoms. The Morgan fingerprint density at radius 1 is 0.885 bits per heavy atom. The summed E-state index contributed by atoms with van der Waals surface area (Å²) in [7, 11) is 0. The maximum Gasteiger partial charge on any atom is 2.00 e. The molecule has 3 aromatic heterocycles. The molecular weight excluding hydrogens is 820 g/mol. The number of benzene rings is 3. The van der Waals surface area contributed by atoms with E-state index >= 15 is 0 Å². The zero-order valence-corrected chi connectivity index (χ0v) is 34.7. The topological polar surface area (TPSA) is 44.9 Å². The third-order valence-corrected chi connectivity index (χ3v) is 10.6. The van der Waals surface area contributed by atoms with Crippen LogP contribution in [-0.2, 0) is 38.3 Å². The largest absolute Gasteiger partial charge is 2.00 e. The molecule has 0 N–H and O–H groups in total. The number of hydrogen-bond acceptors (Lipinski definition) is 3. The van der Waals surface area contributed by atoms with E-state index in [1.165, 1.54) is 34.2 Å². The van der Waals surface area contributed by atoms with Gasteiger partial charge in [-0.15, -0.1) is 41.3 Å². The van der Waals surface area contributed by atoms with Crippen molar-refractivity contribution in [3.8, 4) is 23.0 Å². The van der Waals surface area contributed by atoms with Crippen molar-refractivity contribution in [1.29, 1.82) is 0 Å². The van der Waals surface area contributed by atoms with Crippen LogP contribution in [0.2, 0.25) is 0 Å². The number of pyridine rings is 1. The van der Waals surface area contributed by atoms with Gasteiger partial charge < -0.3 is 9.30 Å². The van der Waals surface area contributed by atoms with Gasteiger partial charge in [0.05, 0.1) is 11.4 Å². The maximum atomic E-state index is 6.75. The average molecular weight is 872 g/mol. The summed E-state index contributed by atoms with van der Waals surface area (Å²) in [6, 6.07) is 28.7. The van der Waals surface area contributed by atoms with Gasteiger partial charge in [0.2, 0.25) is 0 Å². The molecule has 3 aromatic carbocycles. The molecule has 2 atom stereocenters. The van der Waals surface area contributed by atoms with Gasteiger partial charge in [0.15, 0.2) is 0 Å². The van der Waals surface area contributed by atoms with Crippen LogP contribution in [0.3, 0.4) is 0 Å². The van der Waals surface area contributed by atoms with Gasteiger partial charge in [-0.1, -0.05) is 97.2 Å². The van der Waals surface area contributed by atoms with E-state index in [-0.39, 0.29) is 31.9 Å². The fourth-order valence-electron chi connectivity index (χ4n) is 8.08. The zero-order valence-electron chi connectivity index (χ0n) is 32.4. The zero-order chi connectivity index (χ0) is 36.2. The van der Waals surface area contributed by atoms with E-state index in [9.17, 15) is 0 Å². The Bertz CT molecular complexity index is 2280. The Hall–Kier alpha value is -3.95. The van der Waals surface area contributed by atoms with Crippen LogP contribution < -0.4 is 4.74 Å². The van der Waals surface area contributed by atoms with Gasteiger partial charge in [-0.3, -0.25) is 4.68 Å². The predicted octanol–water partition coefficient (Wildman–Crippen LogP) is 12.1. The Balaban J connectivity index is 0.00000464. The molecule has 272 valence electrons. The number of para-hydroxylation sites is 1. The minimum Gasteiger partial charge on any atom is -0.509 e. The summed E-state index contributed by atoms with van der Waals surface area (Å²) < 4.78 is 11.1. The second kappa shape index (κ2) is 14.5. The Morgan fingerprint density at radius 2 is 1.65 bits per heavy atom. The Kier molecular flexibility index (Phi) is 10.5. The summed E-state index contributed by atoms with van der Waals surface area (Å²) in [5.41, 5.74) is 10.3. The molecule has 0 saturated carbocycles. The number of nitrogens with zero attached hydrogens (tertiary/aromatic N) is 4. The second-order valence-corrected chi connectivity index (χ2v) is 16.7. The summed E-state index contributed by atoms with van der Waals surface area (Å²) in [5, 5.41) is 7.56. The molecule has 0 saturated heterocycles. The third kappa shape index (κ3) is 7.06. The van der Waals surface area contributed by atoms with Gasteiger partial charge in [0.25, 0.3) is 0 Å². The average Bonchev–Trinajstić information content (AvgIpc) is 3.59. The van der Waals surface area contributed by atoms with E-state index < -0.39 is 0 Å². The van der Waals surface area contributed by atoms with Crippen LogP contribution in [-0.4, -0.2) is 19.3 Å². The molecular formula is C46H52N4OPt. The first kappa shape index (κ1) is 37.8. The van der Waals surface area contributed by atoms with Crippen molar-refractivity contribution in [3.63, 3.8) is 0 Å². The molecule has 5 nitrogen and oxygen atoms in total. The predicted molar refractivity (Wildman–Crippen MR) is 211 cm³/mol. The molecule has 6 aromatic rings. The number of hydrogen-bond donors (Lipinski definition) is 0. The van der Waals surface area contributed by atoms with Gasteiger partial charge in [0.1, 0.15) is 5.82 Å². The standard InChI is InChI=1S/C46H52N4O.Pt/c1-11-15-32-22-23-47-41(24-32)49-39-19-13-12-18-37(39)38-21-20-35(28-40(38)49)51-36-26-33(45(5,6)7)25-34(27-36)50-44(46(8,9)10)43(31(4)48-50)42-29(2)16-14-17-30(42)3;/h12-13,16,18-26,30,42H,11,14-15,17H2,1-10H3;/q-2;+2/t30-,42?;/m0./s1. The van der Waals surface area contributed by atoms with Crippen molar-refractivity contribution in [1.82, 2.24) is 19.3 Å². The summed E-state index contributed by atoms with van der Waals surface area (Å²) in [6.07, 6.45) is 8.78. The van der Waals surface area contributed by atoms with Crippen LogP contribution in [0.5, 0.6) is 11.5 Å². The fourth-order valence-corrected chi connectivity index (χ4v) is 8.08.